The van der Waals surface area contributed by atoms with Gasteiger partial charge in [-0.3, -0.25) is 4.40 Å². The van der Waals surface area contributed by atoms with Crippen molar-refractivity contribution < 1.29 is 0 Å². The molecule has 5 aromatic rings. The molecule has 0 atom stereocenters. The molecule has 1 aromatic carbocycles. The lowest BCUT2D eigenvalue weighted by molar-refractivity contribution is 0.939. The van der Waals surface area contributed by atoms with Gasteiger partial charge in [-0.15, -0.1) is 10.2 Å². The van der Waals surface area contributed by atoms with Crippen LogP contribution >= 0.6 is 23.1 Å². The Morgan fingerprint density at radius 3 is 2.96 bits per heavy atom. The average molecular weight is 351 g/mol. The summed E-state index contributed by atoms with van der Waals surface area (Å²) in [5, 5.41) is 9.57. The minimum atomic E-state index is 0.770. The number of aromatic nitrogens is 5. The summed E-state index contributed by atoms with van der Waals surface area (Å²) in [5.74, 6) is 0.770. The number of imidazole rings is 1. The molecule has 4 heterocycles. The number of benzene rings is 1. The van der Waals surface area contributed by atoms with Crippen LogP contribution in [0, 0.1) is 6.92 Å². The molecule has 0 fully saturated rings. The largest absolute Gasteiger partial charge is 0.307 e. The molecule has 0 spiro atoms. The first kappa shape index (κ1) is 14.0. The lowest BCUT2D eigenvalue weighted by Crippen LogP contribution is -1.87. The third-order valence-corrected chi connectivity index (χ3v) is 5.96. The molecular formula is C17H13N5S2. The van der Waals surface area contributed by atoms with Crippen LogP contribution in [0.2, 0.25) is 0 Å². The number of thiazole rings is 1. The van der Waals surface area contributed by atoms with E-state index in [9.17, 15) is 0 Å². The van der Waals surface area contributed by atoms with Crippen LogP contribution in [0.5, 0.6) is 0 Å². The maximum Gasteiger partial charge on any atom is 0.217 e. The van der Waals surface area contributed by atoms with E-state index in [1.807, 2.05) is 18.3 Å². The van der Waals surface area contributed by atoms with Gasteiger partial charge >= 0.3 is 0 Å². The molecule has 0 bridgehead atoms. The number of aryl methyl sites for hydroxylation is 1. The smallest absolute Gasteiger partial charge is 0.217 e. The number of hydrogen-bond acceptors (Lipinski definition) is 5. The molecule has 0 aliphatic heterocycles. The highest BCUT2D eigenvalue weighted by Gasteiger charge is 2.13. The molecule has 0 saturated carbocycles. The van der Waals surface area contributed by atoms with E-state index < -0.39 is 0 Å². The molecule has 7 heteroatoms. The Balaban J connectivity index is 1.51. The van der Waals surface area contributed by atoms with E-state index in [2.05, 4.69) is 56.4 Å². The zero-order valence-corrected chi connectivity index (χ0v) is 14.5. The van der Waals surface area contributed by atoms with Crippen LogP contribution in [0.4, 0.5) is 0 Å². The van der Waals surface area contributed by atoms with Crippen molar-refractivity contribution in [2.75, 3.05) is 0 Å². The van der Waals surface area contributed by atoms with Gasteiger partial charge in [0.1, 0.15) is 5.65 Å². The van der Waals surface area contributed by atoms with E-state index >= 15 is 0 Å². The topological polar surface area (TPSA) is 47.5 Å². The van der Waals surface area contributed by atoms with E-state index in [1.165, 1.54) is 10.3 Å². The van der Waals surface area contributed by atoms with Crippen LogP contribution in [0.25, 0.3) is 20.8 Å². The molecule has 0 radical (unpaired) electrons. The third-order valence-electron chi connectivity index (χ3n) is 3.99. The Labute approximate surface area is 146 Å². The lowest BCUT2D eigenvalue weighted by atomic mass is 10.3. The molecule has 5 nitrogen and oxygen atoms in total. The Bertz CT molecular complexity index is 1180. The summed E-state index contributed by atoms with van der Waals surface area (Å²) in [6.45, 7) is 2.08. The maximum atomic E-state index is 4.73. The summed E-state index contributed by atoms with van der Waals surface area (Å²) in [6, 6.07) is 12.5. The van der Waals surface area contributed by atoms with Gasteiger partial charge in [-0.2, -0.15) is 0 Å². The van der Waals surface area contributed by atoms with Crippen molar-refractivity contribution in [3.05, 3.63) is 60.0 Å². The van der Waals surface area contributed by atoms with Crippen molar-refractivity contribution in [2.45, 2.75) is 17.8 Å². The van der Waals surface area contributed by atoms with Crippen molar-refractivity contribution in [2.24, 2.45) is 0 Å². The number of para-hydroxylation sites is 1. The molecule has 24 heavy (non-hydrogen) atoms. The highest BCUT2D eigenvalue weighted by molar-refractivity contribution is 7.98. The second kappa shape index (κ2) is 5.32. The highest BCUT2D eigenvalue weighted by atomic mass is 32.2. The van der Waals surface area contributed by atoms with Crippen LogP contribution in [0.3, 0.4) is 0 Å². The molecule has 0 N–H and O–H groups in total. The standard InChI is InChI=1S/C17H13N5S2/c1-11-5-4-8-21-9-12(18-15(11)21)10-23-16-19-20-17-22(16)13-6-2-3-7-14(13)24-17/h2-9H,10H2,1H3. The van der Waals surface area contributed by atoms with E-state index in [0.717, 1.165) is 32.7 Å². The third kappa shape index (κ3) is 2.12. The fraction of sp³-hybridized carbons (Fsp3) is 0.118. The van der Waals surface area contributed by atoms with Crippen molar-refractivity contribution in [1.29, 1.82) is 0 Å². The number of pyridine rings is 1. The van der Waals surface area contributed by atoms with Gasteiger partial charge in [0.2, 0.25) is 4.96 Å². The van der Waals surface area contributed by atoms with E-state index in [1.54, 1.807) is 23.1 Å². The first-order valence-electron chi connectivity index (χ1n) is 7.58. The van der Waals surface area contributed by atoms with E-state index in [0.29, 0.717) is 0 Å². The normalized spacial score (nSPS) is 11.9. The number of fused-ring (bicyclic) bond motifs is 4. The Hall–Kier alpha value is -2.38. The zero-order valence-electron chi connectivity index (χ0n) is 12.9. The summed E-state index contributed by atoms with van der Waals surface area (Å²) in [4.78, 5) is 5.66. The van der Waals surface area contributed by atoms with Crippen molar-refractivity contribution >= 4 is 43.9 Å². The summed E-state index contributed by atoms with van der Waals surface area (Å²) in [6.07, 6.45) is 4.12. The first-order valence-corrected chi connectivity index (χ1v) is 9.38. The predicted octanol–water partition coefficient (Wildman–Crippen LogP) is 4.19. The molecule has 118 valence electrons. The van der Waals surface area contributed by atoms with E-state index in [4.69, 9.17) is 4.98 Å². The number of thioether (sulfide) groups is 1. The van der Waals surface area contributed by atoms with Gasteiger partial charge in [0.25, 0.3) is 0 Å². The fourth-order valence-electron chi connectivity index (χ4n) is 2.86. The fourth-order valence-corrected chi connectivity index (χ4v) is 4.71. The lowest BCUT2D eigenvalue weighted by Gasteiger charge is -1.97. The van der Waals surface area contributed by atoms with Crippen LogP contribution in [0.15, 0.2) is 53.9 Å². The molecule has 0 aliphatic rings. The monoisotopic (exact) mass is 351 g/mol. The summed E-state index contributed by atoms with van der Waals surface area (Å²) in [5.41, 5.74) is 4.41. The van der Waals surface area contributed by atoms with Crippen LogP contribution in [-0.2, 0) is 5.75 Å². The SMILES string of the molecule is Cc1cccn2cc(CSc3nnc4sc5ccccc5n34)nc12. The Morgan fingerprint density at radius 1 is 1.12 bits per heavy atom. The number of hydrogen-bond donors (Lipinski definition) is 0. The van der Waals surface area contributed by atoms with Gasteiger partial charge in [-0.05, 0) is 30.7 Å². The van der Waals surface area contributed by atoms with Crippen molar-refractivity contribution in [3.8, 4) is 0 Å². The van der Waals surface area contributed by atoms with Crippen molar-refractivity contribution in [1.82, 2.24) is 24.0 Å². The van der Waals surface area contributed by atoms with Gasteiger partial charge in [0, 0.05) is 18.1 Å². The van der Waals surface area contributed by atoms with Gasteiger partial charge in [0.05, 0.1) is 15.9 Å². The average Bonchev–Trinajstić information content (AvgIpc) is 3.26. The van der Waals surface area contributed by atoms with Gasteiger partial charge in [-0.1, -0.05) is 41.3 Å². The second-order valence-electron chi connectivity index (χ2n) is 5.61. The zero-order chi connectivity index (χ0) is 16.1. The summed E-state index contributed by atoms with van der Waals surface area (Å²) >= 11 is 3.34. The van der Waals surface area contributed by atoms with Crippen LogP contribution < -0.4 is 0 Å². The molecule has 0 unspecified atom stereocenters. The molecule has 4 aromatic heterocycles. The maximum absolute atomic E-state index is 4.73. The highest BCUT2D eigenvalue weighted by Crippen LogP contribution is 2.30. The molecular weight excluding hydrogens is 338 g/mol. The predicted molar refractivity (Wildman–Crippen MR) is 97.9 cm³/mol. The molecule has 0 saturated heterocycles. The first-order chi connectivity index (χ1) is 11.8. The van der Waals surface area contributed by atoms with E-state index in [-0.39, 0.29) is 0 Å². The van der Waals surface area contributed by atoms with Gasteiger partial charge < -0.3 is 4.40 Å². The molecule has 5 rings (SSSR count). The Kier molecular flexibility index (Phi) is 3.11. The van der Waals surface area contributed by atoms with Crippen LogP contribution in [-0.4, -0.2) is 24.0 Å². The molecule has 0 amide bonds. The van der Waals surface area contributed by atoms with Gasteiger partial charge in [-0.25, -0.2) is 4.98 Å². The molecule has 0 aliphatic carbocycles. The summed E-state index contributed by atoms with van der Waals surface area (Å²) in [7, 11) is 0. The number of nitrogens with zero attached hydrogens (tertiary/aromatic N) is 5. The Morgan fingerprint density at radius 2 is 2.04 bits per heavy atom. The minimum absolute atomic E-state index is 0.770. The van der Waals surface area contributed by atoms with Crippen LogP contribution in [0.1, 0.15) is 11.3 Å². The van der Waals surface area contributed by atoms with Gasteiger partial charge in [0.15, 0.2) is 5.16 Å². The minimum Gasteiger partial charge on any atom is -0.307 e. The second-order valence-corrected chi connectivity index (χ2v) is 7.56. The quantitative estimate of drug-likeness (QED) is 0.457. The number of rotatable bonds is 3. The van der Waals surface area contributed by atoms with Crippen molar-refractivity contribution in [3.63, 3.8) is 0 Å². The summed E-state index contributed by atoms with van der Waals surface area (Å²) < 4.78 is 5.43.